The minimum Gasteiger partial charge on any atom is -0.352 e. The van der Waals surface area contributed by atoms with Crippen LogP contribution in [0.15, 0.2) is 24.3 Å². The molecule has 1 unspecified atom stereocenters. The van der Waals surface area contributed by atoms with Crippen LogP contribution in [0, 0.1) is 5.82 Å². The third kappa shape index (κ3) is 5.01. The van der Waals surface area contributed by atoms with Crippen molar-refractivity contribution < 1.29 is 14.0 Å². The molecule has 1 aliphatic carbocycles. The molecule has 1 aliphatic rings. The van der Waals surface area contributed by atoms with E-state index in [-0.39, 0.29) is 23.7 Å². The van der Waals surface area contributed by atoms with Crippen molar-refractivity contribution in [2.45, 2.75) is 50.6 Å². The molecule has 5 nitrogen and oxygen atoms in total. The van der Waals surface area contributed by atoms with Gasteiger partial charge < -0.3 is 15.5 Å². The van der Waals surface area contributed by atoms with Crippen molar-refractivity contribution in [3.63, 3.8) is 0 Å². The second-order valence-electron chi connectivity index (χ2n) is 7.07. The SMILES string of the molecule is CC(=O)NC1(C(=O)NCC(c2cccc(F)c2)N(C)C)CCCCC1. The fourth-order valence-corrected chi connectivity index (χ4v) is 3.57. The molecule has 2 N–H and O–H groups in total. The van der Waals surface area contributed by atoms with Crippen LogP contribution in [-0.2, 0) is 9.59 Å². The summed E-state index contributed by atoms with van der Waals surface area (Å²) in [4.78, 5) is 26.4. The minimum atomic E-state index is -0.817. The van der Waals surface area contributed by atoms with E-state index < -0.39 is 5.54 Å². The lowest BCUT2D eigenvalue weighted by Crippen LogP contribution is -2.59. The number of benzene rings is 1. The predicted molar refractivity (Wildman–Crippen MR) is 95.5 cm³/mol. The molecule has 0 aliphatic heterocycles. The number of carbonyl (C=O) groups is 2. The summed E-state index contributed by atoms with van der Waals surface area (Å²) in [7, 11) is 3.79. The number of rotatable bonds is 6. The molecule has 2 amide bonds. The Morgan fingerprint density at radius 3 is 2.48 bits per heavy atom. The second kappa shape index (κ2) is 8.43. The van der Waals surface area contributed by atoms with Crippen molar-refractivity contribution >= 4 is 11.8 Å². The summed E-state index contributed by atoms with van der Waals surface area (Å²) in [5.41, 5.74) is -0.00869. The van der Waals surface area contributed by atoms with Gasteiger partial charge in [-0.05, 0) is 44.6 Å². The molecule has 0 aromatic heterocycles. The molecule has 6 heteroatoms. The van der Waals surface area contributed by atoms with E-state index in [0.29, 0.717) is 19.4 Å². The molecule has 1 aromatic rings. The average Bonchev–Trinajstić information content (AvgIpc) is 2.55. The van der Waals surface area contributed by atoms with Crippen LogP contribution in [0.3, 0.4) is 0 Å². The standard InChI is InChI=1S/C19H28FN3O2/c1-14(24)22-19(10-5-4-6-11-19)18(25)21-13-17(23(2)3)15-8-7-9-16(20)12-15/h7-9,12,17H,4-6,10-11,13H2,1-3H3,(H,21,25)(H,22,24). The molecule has 1 atom stereocenters. The second-order valence-corrected chi connectivity index (χ2v) is 7.07. The summed E-state index contributed by atoms with van der Waals surface area (Å²) < 4.78 is 13.5. The molecule has 0 spiro atoms. The molecular formula is C19H28FN3O2. The van der Waals surface area contributed by atoms with E-state index in [4.69, 9.17) is 0 Å². The molecule has 1 fully saturated rings. The molecule has 1 aromatic carbocycles. The van der Waals surface area contributed by atoms with E-state index in [1.54, 1.807) is 6.07 Å². The zero-order valence-corrected chi connectivity index (χ0v) is 15.3. The maximum Gasteiger partial charge on any atom is 0.245 e. The fourth-order valence-electron chi connectivity index (χ4n) is 3.57. The zero-order chi connectivity index (χ0) is 18.4. The molecule has 1 saturated carbocycles. The lowest BCUT2D eigenvalue weighted by Gasteiger charge is -2.37. The summed E-state index contributed by atoms with van der Waals surface area (Å²) in [5.74, 6) is -0.630. The van der Waals surface area contributed by atoms with Crippen LogP contribution in [0.4, 0.5) is 4.39 Å². The highest BCUT2D eigenvalue weighted by molar-refractivity contribution is 5.91. The monoisotopic (exact) mass is 349 g/mol. The summed E-state index contributed by atoms with van der Waals surface area (Å²) >= 11 is 0. The largest absolute Gasteiger partial charge is 0.352 e. The smallest absolute Gasteiger partial charge is 0.245 e. The van der Waals surface area contributed by atoms with Gasteiger partial charge >= 0.3 is 0 Å². The summed E-state index contributed by atoms with van der Waals surface area (Å²) in [5, 5.41) is 5.85. The number of hydrogen-bond donors (Lipinski definition) is 2. The number of likely N-dealkylation sites (N-methyl/N-ethyl adjacent to an activating group) is 1. The Balaban J connectivity index is 2.10. The quantitative estimate of drug-likeness (QED) is 0.829. The molecule has 2 rings (SSSR count). The van der Waals surface area contributed by atoms with Gasteiger partial charge in [0, 0.05) is 13.5 Å². The Morgan fingerprint density at radius 1 is 1.24 bits per heavy atom. The van der Waals surface area contributed by atoms with E-state index in [2.05, 4.69) is 10.6 Å². The van der Waals surface area contributed by atoms with Crippen LogP contribution in [-0.4, -0.2) is 42.9 Å². The van der Waals surface area contributed by atoms with Gasteiger partial charge in [0.15, 0.2) is 0 Å². The number of nitrogens with one attached hydrogen (secondary N) is 2. The van der Waals surface area contributed by atoms with Crippen molar-refractivity contribution in [3.8, 4) is 0 Å². The highest BCUT2D eigenvalue weighted by Crippen LogP contribution is 2.29. The van der Waals surface area contributed by atoms with Crippen molar-refractivity contribution in [3.05, 3.63) is 35.6 Å². The maximum atomic E-state index is 13.5. The van der Waals surface area contributed by atoms with Gasteiger partial charge in [0.05, 0.1) is 6.04 Å². The number of halogens is 1. The third-order valence-electron chi connectivity index (χ3n) is 4.87. The van der Waals surface area contributed by atoms with E-state index in [1.165, 1.54) is 19.1 Å². The van der Waals surface area contributed by atoms with E-state index in [0.717, 1.165) is 24.8 Å². The highest BCUT2D eigenvalue weighted by atomic mass is 19.1. The highest BCUT2D eigenvalue weighted by Gasteiger charge is 2.40. The van der Waals surface area contributed by atoms with Crippen molar-refractivity contribution in [1.82, 2.24) is 15.5 Å². The van der Waals surface area contributed by atoms with Crippen LogP contribution in [0.5, 0.6) is 0 Å². The first-order chi connectivity index (χ1) is 11.8. The summed E-state index contributed by atoms with van der Waals surface area (Å²) in [6.07, 6.45) is 4.25. The van der Waals surface area contributed by atoms with Gasteiger partial charge in [-0.15, -0.1) is 0 Å². The van der Waals surface area contributed by atoms with Crippen LogP contribution < -0.4 is 10.6 Å². The summed E-state index contributed by atoms with van der Waals surface area (Å²) in [6, 6.07) is 6.27. The van der Waals surface area contributed by atoms with Crippen molar-refractivity contribution in [2.24, 2.45) is 0 Å². The van der Waals surface area contributed by atoms with Gasteiger partial charge in [-0.1, -0.05) is 31.4 Å². The number of hydrogen-bond acceptors (Lipinski definition) is 3. The van der Waals surface area contributed by atoms with E-state index in [1.807, 2.05) is 25.1 Å². The van der Waals surface area contributed by atoms with Gasteiger partial charge in [-0.3, -0.25) is 9.59 Å². The first-order valence-corrected chi connectivity index (χ1v) is 8.83. The molecule has 0 radical (unpaired) electrons. The summed E-state index contributed by atoms with van der Waals surface area (Å²) in [6.45, 7) is 1.80. The fraction of sp³-hybridized carbons (Fsp3) is 0.579. The molecular weight excluding hydrogens is 321 g/mol. The lowest BCUT2D eigenvalue weighted by molar-refractivity contribution is -0.134. The maximum absolute atomic E-state index is 13.5. The Bertz CT molecular complexity index is 612. The Hall–Kier alpha value is -1.95. The number of amides is 2. The average molecular weight is 349 g/mol. The third-order valence-corrected chi connectivity index (χ3v) is 4.87. The van der Waals surface area contributed by atoms with Crippen LogP contribution in [0.1, 0.15) is 50.6 Å². The van der Waals surface area contributed by atoms with E-state index >= 15 is 0 Å². The Kier molecular flexibility index (Phi) is 6.53. The van der Waals surface area contributed by atoms with Crippen LogP contribution in [0.25, 0.3) is 0 Å². The van der Waals surface area contributed by atoms with Gasteiger partial charge in [0.25, 0.3) is 0 Å². The molecule has 138 valence electrons. The molecule has 0 bridgehead atoms. The number of nitrogens with zero attached hydrogens (tertiary/aromatic N) is 1. The van der Waals surface area contributed by atoms with Gasteiger partial charge in [-0.25, -0.2) is 4.39 Å². The Morgan fingerprint density at radius 2 is 1.92 bits per heavy atom. The van der Waals surface area contributed by atoms with Crippen LogP contribution in [0.2, 0.25) is 0 Å². The van der Waals surface area contributed by atoms with Crippen molar-refractivity contribution in [2.75, 3.05) is 20.6 Å². The normalized spacial score (nSPS) is 17.8. The van der Waals surface area contributed by atoms with Gasteiger partial charge in [-0.2, -0.15) is 0 Å². The van der Waals surface area contributed by atoms with Crippen molar-refractivity contribution in [1.29, 1.82) is 0 Å². The topological polar surface area (TPSA) is 61.4 Å². The molecule has 0 heterocycles. The molecule has 0 saturated heterocycles. The first-order valence-electron chi connectivity index (χ1n) is 8.83. The van der Waals surface area contributed by atoms with Gasteiger partial charge in [0.2, 0.25) is 11.8 Å². The first kappa shape index (κ1) is 19.4. The van der Waals surface area contributed by atoms with Gasteiger partial charge in [0.1, 0.15) is 11.4 Å². The number of carbonyl (C=O) groups excluding carboxylic acids is 2. The van der Waals surface area contributed by atoms with Crippen LogP contribution >= 0.6 is 0 Å². The predicted octanol–water partition coefficient (Wildman–Crippen LogP) is 2.38. The Labute approximate surface area is 149 Å². The van der Waals surface area contributed by atoms with E-state index in [9.17, 15) is 14.0 Å². The zero-order valence-electron chi connectivity index (χ0n) is 15.3. The molecule has 25 heavy (non-hydrogen) atoms. The minimum absolute atomic E-state index is 0.141. The lowest BCUT2D eigenvalue weighted by atomic mass is 9.80.